The SMILES string of the molecule is O=C(CN1CCN(C(=O)c2cncc(Br)c2)CC1)Nc1ccccc1Cl. The van der Waals surface area contributed by atoms with Crippen LogP contribution in [0.5, 0.6) is 0 Å². The van der Waals surface area contributed by atoms with E-state index >= 15 is 0 Å². The summed E-state index contributed by atoms with van der Waals surface area (Å²) in [6.45, 7) is 2.70. The molecule has 1 aromatic carbocycles. The molecule has 0 saturated carbocycles. The number of hydrogen-bond acceptors (Lipinski definition) is 4. The molecule has 0 spiro atoms. The van der Waals surface area contributed by atoms with E-state index in [1.165, 1.54) is 0 Å². The van der Waals surface area contributed by atoms with E-state index in [1.807, 2.05) is 17.0 Å². The van der Waals surface area contributed by atoms with Crippen LogP contribution in [-0.4, -0.2) is 59.3 Å². The molecule has 1 fully saturated rings. The van der Waals surface area contributed by atoms with Crippen molar-refractivity contribution in [2.75, 3.05) is 38.0 Å². The van der Waals surface area contributed by atoms with Gasteiger partial charge >= 0.3 is 0 Å². The Kier molecular flexibility index (Phi) is 6.24. The van der Waals surface area contributed by atoms with E-state index in [2.05, 4.69) is 26.2 Å². The number of piperazine rings is 1. The number of para-hydroxylation sites is 1. The zero-order valence-electron chi connectivity index (χ0n) is 14.0. The minimum atomic E-state index is -0.117. The molecule has 0 atom stereocenters. The standard InChI is InChI=1S/C18H18BrClN4O2/c19-14-9-13(10-21-11-14)18(26)24-7-5-23(6-8-24)12-17(25)22-16-4-2-1-3-15(16)20/h1-4,9-11H,5-8,12H2,(H,22,25). The largest absolute Gasteiger partial charge is 0.336 e. The fourth-order valence-corrected chi connectivity index (χ4v) is 3.32. The highest BCUT2D eigenvalue weighted by Crippen LogP contribution is 2.20. The van der Waals surface area contributed by atoms with Gasteiger partial charge in [0.25, 0.3) is 5.91 Å². The lowest BCUT2D eigenvalue weighted by atomic mass is 10.2. The smallest absolute Gasteiger partial charge is 0.255 e. The third kappa shape index (κ3) is 4.81. The summed E-state index contributed by atoms with van der Waals surface area (Å²) in [4.78, 5) is 32.6. The number of pyridine rings is 1. The van der Waals surface area contributed by atoms with E-state index in [1.54, 1.807) is 35.5 Å². The van der Waals surface area contributed by atoms with Crippen LogP contribution in [0.4, 0.5) is 5.69 Å². The number of carbonyl (C=O) groups excluding carboxylic acids is 2. The van der Waals surface area contributed by atoms with Gasteiger partial charge in [0.15, 0.2) is 0 Å². The number of benzene rings is 1. The molecule has 0 unspecified atom stereocenters. The van der Waals surface area contributed by atoms with Crippen molar-refractivity contribution in [3.63, 3.8) is 0 Å². The third-order valence-corrected chi connectivity index (χ3v) is 4.89. The van der Waals surface area contributed by atoms with Gasteiger partial charge in [0.1, 0.15) is 0 Å². The van der Waals surface area contributed by atoms with E-state index in [4.69, 9.17) is 11.6 Å². The van der Waals surface area contributed by atoms with Gasteiger partial charge in [-0.15, -0.1) is 0 Å². The average Bonchev–Trinajstić information content (AvgIpc) is 2.64. The van der Waals surface area contributed by atoms with Crippen LogP contribution in [0, 0.1) is 0 Å². The van der Waals surface area contributed by atoms with Crippen LogP contribution in [0.25, 0.3) is 0 Å². The molecule has 0 bridgehead atoms. The van der Waals surface area contributed by atoms with Crippen LogP contribution in [0.1, 0.15) is 10.4 Å². The molecule has 2 amide bonds. The van der Waals surface area contributed by atoms with E-state index in [-0.39, 0.29) is 18.4 Å². The number of amides is 2. The van der Waals surface area contributed by atoms with Crippen molar-refractivity contribution in [1.82, 2.24) is 14.8 Å². The van der Waals surface area contributed by atoms with Gasteiger partial charge in [-0.25, -0.2) is 0 Å². The van der Waals surface area contributed by atoms with E-state index in [9.17, 15) is 9.59 Å². The molecule has 1 aliphatic heterocycles. The number of rotatable bonds is 4. The fourth-order valence-electron chi connectivity index (χ4n) is 2.78. The Morgan fingerprint density at radius 2 is 1.88 bits per heavy atom. The Labute approximate surface area is 165 Å². The van der Waals surface area contributed by atoms with Crippen molar-refractivity contribution in [3.8, 4) is 0 Å². The number of halogens is 2. The molecule has 2 heterocycles. The minimum absolute atomic E-state index is 0.0426. The Bertz CT molecular complexity index is 809. The van der Waals surface area contributed by atoms with E-state index < -0.39 is 0 Å². The van der Waals surface area contributed by atoms with Gasteiger partial charge < -0.3 is 10.2 Å². The number of hydrogen-bond donors (Lipinski definition) is 1. The first-order valence-electron chi connectivity index (χ1n) is 8.19. The summed E-state index contributed by atoms with van der Waals surface area (Å²) in [6.07, 6.45) is 3.21. The molecule has 0 aliphatic carbocycles. The van der Waals surface area contributed by atoms with Crippen molar-refractivity contribution >= 4 is 45.0 Å². The fraction of sp³-hybridized carbons (Fsp3) is 0.278. The second kappa shape index (κ2) is 8.62. The molecular formula is C18H18BrClN4O2. The third-order valence-electron chi connectivity index (χ3n) is 4.13. The van der Waals surface area contributed by atoms with Crippen LogP contribution < -0.4 is 5.32 Å². The van der Waals surface area contributed by atoms with Crippen LogP contribution in [0.15, 0.2) is 47.2 Å². The minimum Gasteiger partial charge on any atom is -0.336 e. The Morgan fingerprint density at radius 1 is 1.15 bits per heavy atom. The predicted octanol–water partition coefficient (Wildman–Crippen LogP) is 2.89. The van der Waals surface area contributed by atoms with Gasteiger partial charge in [0.2, 0.25) is 5.91 Å². The summed E-state index contributed by atoms with van der Waals surface area (Å²) in [6, 6.07) is 8.90. The second-order valence-electron chi connectivity index (χ2n) is 5.99. The first-order valence-corrected chi connectivity index (χ1v) is 9.36. The Hall–Kier alpha value is -1.96. The van der Waals surface area contributed by atoms with Crippen molar-refractivity contribution in [3.05, 3.63) is 57.8 Å². The molecule has 1 saturated heterocycles. The number of anilines is 1. The molecule has 6 nitrogen and oxygen atoms in total. The lowest BCUT2D eigenvalue weighted by Gasteiger charge is -2.34. The maximum atomic E-state index is 12.5. The van der Waals surface area contributed by atoms with Crippen molar-refractivity contribution in [1.29, 1.82) is 0 Å². The van der Waals surface area contributed by atoms with Crippen LogP contribution >= 0.6 is 27.5 Å². The van der Waals surface area contributed by atoms with Crippen LogP contribution in [0.2, 0.25) is 5.02 Å². The molecule has 136 valence electrons. The van der Waals surface area contributed by atoms with Crippen LogP contribution in [-0.2, 0) is 4.79 Å². The average molecular weight is 438 g/mol. The first-order chi connectivity index (χ1) is 12.5. The highest BCUT2D eigenvalue weighted by molar-refractivity contribution is 9.10. The van der Waals surface area contributed by atoms with Crippen molar-refractivity contribution in [2.45, 2.75) is 0 Å². The number of nitrogens with one attached hydrogen (secondary N) is 1. The van der Waals surface area contributed by atoms with E-state index in [0.29, 0.717) is 42.5 Å². The second-order valence-corrected chi connectivity index (χ2v) is 7.31. The molecule has 8 heteroatoms. The molecule has 26 heavy (non-hydrogen) atoms. The van der Waals surface area contributed by atoms with Crippen molar-refractivity contribution < 1.29 is 9.59 Å². The van der Waals surface area contributed by atoms with Gasteiger partial charge in [0.05, 0.1) is 22.8 Å². The van der Waals surface area contributed by atoms with Crippen molar-refractivity contribution in [2.24, 2.45) is 0 Å². The highest BCUT2D eigenvalue weighted by Gasteiger charge is 2.23. The summed E-state index contributed by atoms with van der Waals surface area (Å²) < 4.78 is 0.776. The molecule has 1 aliphatic rings. The summed E-state index contributed by atoms with van der Waals surface area (Å²) >= 11 is 9.38. The number of nitrogens with zero attached hydrogens (tertiary/aromatic N) is 3. The summed E-state index contributed by atoms with van der Waals surface area (Å²) in [5.41, 5.74) is 1.17. The zero-order chi connectivity index (χ0) is 18.5. The Morgan fingerprint density at radius 3 is 2.58 bits per heavy atom. The van der Waals surface area contributed by atoms with Gasteiger partial charge in [-0.1, -0.05) is 23.7 Å². The lowest BCUT2D eigenvalue weighted by Crippen LogP contribution is -2.50. The lowest BCUT2D eigenvalue weighted by molar-refractivity contribution is -0.117. The monoisotopic (exact) mass is 436 g/mol. The maximum absolute atomic E-state index is 12.5. The zero-order valence-corrected chi connectivity index (χ0v) is 16.3. The van der Waals surface area contributed by atoms with Gasteiger partial charge in [-0.2, -0.15) is 0 Å². The Balaban J connectivity index is 1.50. The molecule has 0 radical (unpaired) electrons. The topological polar surface area (TPSA) is 65.5 Å². The number of carbonyl (C=O) groups is 2. The highest BCUT2D eigenvalue weighted by atomic mass is 79.9. The molecule has 2 aromatic rings. The first kappa shape index (κ1) is 18.8. The summed E-state index contributed by atoms with van der Waals surface area (Å²) in [7, 11) is 0. The molecule has 3 rings (SSSR count). The molecule has 1 aromatic heterocycles. The normalized spacial score (nSPS) is 14.9. The van der Waals surface area contributed by atoms with Gasteiger partial charge in [-0.3, -0.25) is 19.5 Å². The molecule has 1 N–H and O–H groups in total. The maximum Gasteiger partial charge on any atom is 0.255 e. The summed E-state index contributed by atoms with van der Waals surface area (Å²) in [5, 5.41) is 3.33. The molecular weight excluding hydrogens is 420 g/mol. The number of aromatic nitrogens is 1. The van der Waals surface area contributed by atoms with Gasteiger partial charge in [-0.05, 0) is 34.1 Å². The van der Waals surface area contributed by atoms with E-state index in [0.717, 1.165) is 4.47 Å². The quantitative estimate of drug-likeness (QED) is 0.799. The predicted molar refractivity (Wildman–Crippen MR) is 104 cm³/mol. The summed E-state index contributed by atoms with van der Waals surface area (Å²) in [5.74, 6) is -0.159. The van der Waals surface area contributed by atoms with Gasteiger partial charge in [0, 0.05) is 43.0 Å². The van der Waals surface area contributed by atoms with Crippen LogP contribution in [0.3, 0.4) is 0 Å².